The van der Waals surface area contributed by atoms with Crippen LogP contribution < -0.4 is 0 Å². The lowest BCUT2D eigenvalue weighted by Gasteiger charge is -2.17. The van der Waals surface area contributed by atoms with Gasteiger partial charge in [0.2, 0.25) is 0 Å². The van der Waals surface area contributed by atoms with Crippen molar-refractivity contribution in [3.05, 3.63) is 88.0 Å². The number of non-ortho nitro benzene ring substituents is 2. The molecule has 0 saturated carbocycles. The molecule has 0 aromatic heterocycles. The summed E-state index contributed by atoms with van der Waals surface area (Å²) < 4.78 is 5.29. The summed E-state index contributed by atoms with van der Waals surface area (Å²) in [4.78, 5) is 55.1. The van der Waals surface area contributed by atoms with Crippen molar-refractivity contribution in [3.8, 4) is 0 Å². The van der Waals surface area contributed by atoms with Gasteiger partial charge in [0, 0.05) is 23.3 Å². The number of hydrogen-bond donors (Lipinski definition) is 0. The molecule has 0 bridgehead atoms. The Morgan fingerprint density at radius 3 is 1.58 bits per heavy atom. The Balaban J connectivity index is 2.53. The highest BCUT2D eigenvalue weighted by Gasteiger charge is 2.37. The van der Waals surface area contributed by atoms with Gasteiger partial charge in [-0.3, -0.25) is 45.3 Å². The molecule has 0 unspecified atom stereocenters. The molecule has 0 fully saturated rings. The quantitative estimate of drug-likeness (QED) is 0.140. The first-order valence-corrected chi connectivity index (χ1v) is 11.1. The summed E-state index contributed by atoms with van der Waals surface area (Å²) in [6, 6.07) is 5.04. The van der Waals surface area contributed by atoms with Crippen LogP contribution in [0.15, 0.2) is 36.4 Å². The number of carbonyl (C=O) groups excluding carboxylic acids is 1. The SMILES string of the molecule is CCCCCCCCOC(=O)C(c1ccc([N+](=O)[O-])cc1[N+](=O)[O-])c1ccc([N+](=O)[O-])cc1[N+](=O)[O-]. The molecule has 2 aromatic carbocycles. The average molecular weight is 504 g/mol. The lowest BCUT2D eigenvalue weighted by molar-refractivity contribution is -0.395. The third-order valence-corrected chi connectivity index (χ3v) is 5.44. The maximum absolute atomic E-state index is 13.1. The second-order valence-corrected chi connectivity index (χ2v) is 7.88. The molecule has 0 saturated heterocycles. The normalized spacial score (nSPS) is 10.7. The first-order chi connectivity index (χ1) is 17.1. The monoisotopic (exact) mass is 504 g/mol. The summed E-state index contributed by atoms with van der Waals surface area (Å²) in [5.74, 6) is -2.79. The molecule has 192 valence electrons. The van der Waals surface area contributed by atoms with Crippen LogP contribution in [0, 0.1) is 40.5 Å². The zero-order chi connectivity index (χ0) is 26.8. The average Bonchev–Trinajstić information content (AvgIpc) is 2.83. The van der Waals surface area contributed by atoms with E-state index in [9.17, 15) is 45.3 Å². The van der Waals surface area contributed by atoms with E-state index in [0.717, 1.165) is 56.4 Å². The van der Waals surface area contributed by atoms with Crippen LogP contribution in [0.2, 0.25) is 0 Å². The topological polar surface area (TPSA) is 199 Å². The molecular formula is C22H24N4O10. The van der Waals surface area contributed by atoms with E-state index in [-0.39, 0.29) is 17.7 Å². The van der Waals surface area contributed by atoms with Gasteiger partial charge in [0.05, 0.1) is 38.4 Å². The number of carbonyl (C=O) groups is 1. The molecule has 0 aliphatic carbocycles. The molecule has 0 atom stereocenters. The van der Waals surface area contributed by atoms with Crippen molar-refractivity contribution < 1.29 is 29.2 Å². The first-order valence-electron chi connectivity index (χ1n) is 11.1. The van der Waals surface area contributed by atoms with Gasteiger partial charge in [-0.25, -0.2) is 0 Å². The summed E-state index contributed by atoms with van der Waals surface area (Å²) in [6.07, 6.45) is 5.29. The van der Waals surface area contributed by atoms with Crippen LogP contribution in [0.3, 0.4) is 0 Å². The number of nitro groups is 4. The maximum Gasteiger partial charge on any atom is 0.318 e. The summed E-state index contributed by atoms with van der Waals surface area (Å²) in [5, 5.41) is 45.6. The van der Waals surface area contributed by atoms with Crippen molar-refractivity contribution in [2.24, 2.45) is 0 Å². The molecule has 0 spiro atoms. The second-order valence-electron chi connectivity index (χ2n) is 7.88. The zero-order valence-corrected chi connectivity index (χ0v) is 19.4. The number of hydrogen-bond acceptors (Lipinski definition) is 10. The van der Waals surface area contributed by atoms with E-state index < -0.39 is 54.3 Å². The van der Waals surface area contributed by atoms with Gasteiger partial charge in [0.25, 0.3) is 22.7 Å². The van der Waals surface area contributed by atoms with E-state index in [2.05, 4.69) is 6.92 Å². The van der Waals surface area contributed by atoms with E-state index in [4.69, 9.17) is 4.74 Å². The van der Waals surface area contributed by atoms with Crippen molar-refractivity contribution in [2.75, 3.05) is 6.61 Å². The van der Waals surface area contributed by atoms with Gasteiger partial charge in [-0.1, -0.05) is 39.0 Å². The zero-order valence-electron chi connectivity index (χ0n) is 19.4. The van der Waals surface area contributed by atoms with Crippen LogP contribution in [-0.2, 0) is 9.53 Å². The third-order valence-electron chi connectivity index (χ3n) is 5.44. The van der Waals surface area contributed by atoms with Crippen LogP contribution >= 0.6 is 0 Å². The van der Waals surface area contributed by atoms with Crippen molar-refractivity contribution in [1.82, 2.24) is 0 Å². The maximum atomic E-state index is 13.1. The molecule has 0 N–H and O–H groups in total. The van der Waals surface area contributed by atoms with Crippen LogP contribution in [0.1, 0.15) is 62.5 Å². The van der Waals surface area contributed by atoms with Crippen LogP contribution in [0.5, 0.6) is 0 Å². The Morgan fingerprint density at radius 2 is 1.17 bits per heavy atom. The van der Waals surface area contributed by atoms with Crippen molar-refractivity contribution >= 4 is 28.7 Å². The predicted octanol–water partition coefficient (Wildman–Crippen LogP) is 5.36. The lowest BCUT2D eigenvalue weighted by Crippen LogP contribution is -2.20. The van der Waals surface area contributed by atoms with E-state index in [1.54, 1.807) is 0 Å². The second kappa shape index (κ2) is 12.8. The number of rotatable bonds is 14. The number of unbranched alkanes of at least 4 members (excludes halogenated alkanes) is 5. The molecule has 0 aliphatic rings. The van der Waals surface area contributed by atoms with Crippen molar-refractivity contribution in [2.45, 2.75) is 51.4 Å². The molecule has 2 aromatic rings. The van der Waals surface area contributed by atoms with Crippen molar-refractivity contribution in [3.63, 3.8) is 0 Å². The highest BCUT2D eigenvalue weighted by Crippen LogP contribution is 2.40. The summed E-state index contributed by atoms with van der Waals surface area (Å²) in [6.45, 7) is 2.01. The van der Waals surface area contributed by atoms with Gasteiger partial charge in [0.15, 0.2) is 0 Å². The number of nitrogens with zero attached hydrogens (tertiary/aromatic N) is 4. The molecule has 36 heavy (non-hydrogen) atoms. The molecule has 2 rings (SSSR count). The molecule has 0 aliphatic heterocycles. The molecule has 14 heteroatoms. The molecule has 14 nitrogen and oxygen atoms in total. The van der Waals surface area contributed by atoms with Crippen LogP contribution in [0.25, 0.3) is 0 Å². The highest BCUT2D eigenvalue weighted by atomic mass is 16.6. The largest absolute Gasteiger partial charge is 0.465 e. The van der Waals surface area contributed by atoms with Crippen molar-refractivity contribution in [1.29, 1.82) is 0 Å². The highest BCUT2D eigenvalue weighted by molar-refractivity contribution is 5.85. The van der Waals surface area contributed by atoms with E-state index in [1.807, 2.05) is 0 Å². The predicted molar refractivity (Wildman–Crippen MR) is 126 cm³/mol. The summed E-state index contributed by atoms with van der Waals surface area (Å²) in [7, 11) is 0. The fourth-order valence-electron chi connectivity index (χ4n) is 3.66. The Morgan fingerprint density at radius 1 is 0.722 bits per heavy atom. The Hall–Kier alpha value is -4.49. The molecule has 0 amide bonds. The molecular weight excluding hydrogens is 480 g/mol. The summed E-state index contributed by atoms with van der Waals surface area (Å²) in [5.41, 5.74) is -3.64. The Kier molecular flexibility index (Phi) is 9.89. The van der Waals surface area contributed by atoms with Gasteiger partial charge >= 0.3 is 5.97 Å². The number of esters is 1. The van der Waals surface area contributed by atoms with Gasteiger partial charge in [-0.15, -0.1) is 0 Å². The minimum Gasteiger partial charge on any atom is -0.465 e. The van der Waals surface area contributed by atoms with Crippen LogP contribution in [-0.4, -0.2) is 32.3 Å². The van der Waals surface area contributed by atoms with Gasteiger partial charge in [-0.2, -0.15) is 0 Å². The Labute approximate surface area is 204 Å². The van der Waals surface area contributed by atoms with Gasteiger partial charge in [0.1, 0.15) is 5.92 Å². The number of ether oxygens (including phenoxy) is 1. The van der Waals surface area contributed by atoms with Gasteiger partial charge in [-0.05, 0) is 18.6 Å². The summed E-state index contributed by atoms with van der Waals surface area (Å²) >= 11 is 0. The van der Waals surface area contributed by atoms with Gasteiger partial charge < -0.3 is 4.74 Å². The van der Waals surface area contributed by atoms with E-state index >= 15 is 0 Å². The fraction of sp³-hybridized carbons (Fsp3) is 0.409. The third kappa shape index (κ3) is 7.01. The minimum absolute atomic E-state index is 0.0526. The molecule has 0 heterocycles. The fourth-order valence-corrected chi connectivity index (χ4v) is 3.66. The minimum atomic E-state index is -1.73. The van der Waals surface area contributed by atoms with E-state index in [0.29, 0.717) is 18.6 Å². The smallest absolute Gasteiger partial charge is 0.318 e. The standard InChI is InChI=1S/C22H24N4O10/c1-2-3-4-5-6-7-12-36-22(27)21(17-10-8-15(23(28)29)13-19(17)25(32)33)18-11-9-16(24(30)31)14-20(18)26(34)35/h8-11,13-14,21H,2-7,12H2,1H3. The van der Waals surface area contributed by atoms with Crippen LogP contribution in [0.4, 0.5) is 22.7 Å². The molecule has 0 radical (unpaired) electrons. The number of nitro benzene ring substituents is 4. The first kappa shape index (κ1) is 27.8. The Bertz CT molecular complexity index is 1090. The number of benzene rings is 2. The lowest BCUT2D eigenvalue weighted by atomic mass is 9.88. The van der Waals surface area contributed by atoms with E-state index in [1.165, 1.54) is 0 Å².